The van der Waals surface area contributed by atoms with Gasteiger partial charge in [-0.1, -0.05) is 25.1 Å². The highest BCUT2D eigenvalue weighted by molar-refractivity contribution is 5.91. The van der Waals surface area contributed by atoms with Crippen molar-refractivity contribution in [2.24, 2.45) is 0 Å². The third-order valence-electron chi connectivity index (χ3n) is 4.17. The van der Waals surface area contributed by atoms with Gasteiger partial charge in [0, 0.05) is 25.1 Å². The lowest BCUT2D eigenvalue weighted by Gasteiger charge is -2.06. The van der Waals surface area contributed by atoms with E-state index in [0.717, 1.165) is 23.3 Å². The second-order valence-corrected chi connectivity index (χ2v) is 6.41. The molecule has 0 unspecified atom stereocenters. The molecule has 1 amide bonds. The molecule has 0 atom stereocenters. The summed E-state index contributed by atoms with van der Waals surface area (Å²) in [6, 6.07) is 12.3. The molecule has 3 rings (SSSR count). The van der Waals surface area contributed by atoms with Crippen LogP contribution >= 0.6 is 0 Å². The highest BCUT2D eigenvalue weighted by atomic mass is 16.6. The van der Waals surface area contributed by atoms with Gasteiger partial charge in [0.25, 0.3) is 0 Å². The average Bonchev–Trinajstić information content (AvgIpc) is 3.13. The van der Waals surface area contributed by atoms with Gasteiger partial charge in [0.1, 0.15) is 5.82 Å². The number of aromatic nitrogens is 2. The number of carbonyl (C=O) groups is 1. The minimum Gasteiger partial charge on any atom is -0.487 e. The Balaban J connectivity index is 1.55. The molecule has 0 fully saturated rings. The van der Waals surface area contributed by atoms with Gasteiger partial charge in [-0.3, -0.25) is 14.9 Å². The molecule has 1 aromatic heterocycles. The van der Waals surface area contributed by atoms with Crippen molar-refractivity contribution in [1.82, 2.24) is 15.3 Å². The van der Waals surface area contributed by atoms with Gasteiger partial charge in [0.2, 0.25) is 5.91 Å². The predicted molar refractivity (Wildman–Crippen MR) is 111 cm³/mol. The fourth-order valence-corrected chi connectivity index (χ4v) is 2.77. The first kappa shape index (κ1) is 20.1. The van der Waals surface area contributed by atoms with E-state index in [-0.39, 0.29) is 17.3 Å². The minimum atomic E-state index is -0.490. The Labute approximate surface area is 167 Å². The standard InChI is InChI=1S/C21H22N4O4/c1-2-13-29-19-9-7-15(14-18(19)25(27)28)8-10-21(26)22-12-11-20-23-16-5-3-4-6-17(16)24-20/h3-10,14H,2,11-13H2,1H3,(H,22,26)(H,23,24)/b10-8+. The van der Waals surface area contributed by atoms with Crippen LogP contribution in [0.15, 0.2) is 48.5 Å². The van der Waals surface area contributed by atoms with E-state index < -0.39 is 4.92 Å². The SMILES string of the molecule is CCCOc1ccc(/C=C/C(=O)NCCc2nc3ccccc3[nH]2)cc1[N+](=O)[O-]. The van der Waals surface area contributed by atoms with Crippen molar-refractivity contribution in [2.45, 2.75) is 19.8 Å². The Morgan fingerprint density at radius 1 is 1.31 bits per heavy atom. The molecule has 8 heteroatoms. The molecule has 3 aromatic rings. The zero-order chi connectivity index (χ0) is 20.6. The van der Waals surface area contributed by atoms with E-state index in [9.17, 15) is 14.9 Å². The Morgan fingerprint density at radius 2 is 2.14 bits per heavy atom. The number of benzene rings is 2. The summed E-state index contributed by atoms with van der Waals surface area (Å²) in [6.07, 6.45) is 4.22. The normalized spacial score (nSPS) is 11.1. The van der Waals surface area contributed by atoms with Gasteiger partial charge in [-0.15, -0.1) is 0 Å². The Morgan fingerprint density at radius 3 is 2.90 bits per heavy atom. The maximum atomic E-state index is 12.0. The van der Waals surface area contributed by atoms with E-state index in [1.54, 1.807) is 12.1 Å². The number of aromatic amines is 1. The quantitative estimate of drug-likeness (QED) is 0.327. The topological polar surface area (TPSA) is 110 Å². The van der Waals surface area contributed by atoms with Crippen LogP contribution in [0.25, 0.3) is 17.1 Å². The largest absolute Gasteiger partial charge is 0.487 e. The van der Waals surface area contributed by atoms with Crippen LogP contribution in [0.2, 0.25) is 0 Å². The number of hydrogen-bond acceptors (Lipinski definition) is 5. The third-order valence-corrected chi connectivity index (χ3v) is 4.17. The molecule has 150 valence electrons. The summed E-state index contributed by atoms with van der Waals surface area (Å²) in [4.78, 5) is 30.4. The molecular weight excluding hydrogens is 372 g/mol. The first-order chi connectivity index (χ1) is 14.1. The number of nitrogens with zero attached hydrogens (tertiary/aromatic N) is 2. The molecule has 0 saturated heterocycles. The Kier molecular flexibility index (Phi) is 6.57. The summed E-state index contributed by atoms with van der Waals surface area (Å²) in [5.74, 6) is 0.744. The van der Waals surface area contributed by atoms with Crippen molar-refractivity contribution in [3.8, 4) is 5.75 Å². The second kappa shape index (κ2) is 9.50. The average molecular weight is 394 g/mol. The van der Waals surface area contributed by atoms with E-state index in [1.807, 2.05) is 31.2 Å². The number of hydrogen-bond donors (Lipinski definition) is 2. The van der Waals surface area contributed by atoms with Crippen LogP contribution in [0, 0.1) is 10.1 Å². The summed E-state index contributed by atoms with van der Waals surface area (Å²) >= 11 is 0. The number of nitrogens with one attached hydrogen (secondary N) is 2. The smallest absolute Gasteiger partial charge is 0.311 e. The van der Waals surface area contributed by atoms with E-state index in [1.165, 1.54) is 18.2 Å². The van der Waals surface area contributed by atoms with Crippen LogP contribution in [0.3, 0.4) is 0 Å². The number of imidazole rings is 1. The van der Waals surface area contributed by atoms with Crippen molar-refractivity contribution < 1.29 is 14.5 Å². The maximum absolute atomic E-state index is 12.0. The summed E-state index contributed by atoms with van der Waals surface area (Å²) in [6.45, 7) is 2.76. The minimum absolute atomic E-state index is 0.120. The van der Waals surface area contributed by atoms with E-state index >= 15 is 0 Å². The number of nitro benzene ring substituents is 1. The maximum Gasteiger partial charge on any atom is 0.311 e. The molecule has 8 nitrogen and oxygen atoms in total. The van der Waals surface area contributed by atoms with Gasteiger partial charge >= 0.3 is 5.69 Å². The number of rotatable bonds is 9. The number of nitro groups is 1. The molecule has 0 aliphatic heterocycles. The fourth-order valence-electron chi connectivity index (χ4n) is 2.77. The first-order valence-electron chi connectivity index (χ1n) is 9.37. The number of carbonyl (C=O) groups excluding carboxylic acids is 1. The molecule has 0 radical (unpaired) electrons. The zero-order valence-corrected chi connectivity index (χ0v) is 16.1. The molecule has 2 aromatic carbocycles. The van der Waals surface area contributed by atoms with E-state index in [0.29, 0.717) is 25.1 Å². The van der Waals surface area contributed by atoms with Gasteiger partial charge in [-0.25, -0.2) is 4.98 Å². The van der Waals surface area contributed by atoms with Crippen LogP contribution in [0.1, 0.15) is 24.7 Å². The predicted octanol–water partition coefficient (Wildman–Crippen LogP) is 3.63. The van der Waals surface area contributed by atoms with Crippen LogP contribution in [0.5, 0.6) is 5.75 Å². The van der Waals surface area contributed by atoms with Gasteiger partial charge in [-0.2, -0.15) is 0 Å². The molecule has 0 aliphatic rings. The van der Waals surface area contributed by atoms with Gasteiger partial charge in [-0.05, 0) is 36.3 Å². The number of para-hydroxylation sites is 2. The van der Waals surface area contributed by atoms with E-state index in [4.69, 9.17) is 4.74 Å². The highest BCUT2D eigenvalue weighted by Gasteiger charge is 2.15. The van der Waals surface area contributed by atoms with Crippen molar-refractivity contribution in [2.75, 3.05) is 13.2 Å². The van der Waals surface area contributed by atoms with Crippen molar-refractivity contribution in [3.63, 3.8) is 0 Å². The number of ether oxygens (including phenoxy) is 1. The summed E-state index contributed by atoms with van der Waals surface area (Å²) in [5, 5.41) is 14.0. The van der Waals surface area contributed by atoms with Crippen molar-refractivity contribution in [1.29, 1.82) is 0 Å². The lowest BCUT2D eigenvalue weighted by atomic mass is 10.1. The fraction of sp³-hybridized carbons (Fsp3) is 0.238. The third kappa shape index (κ3) is 5.41. The molecular formula is C21H22N4O4. The van der Waals surface area contributed by atoms with Crippen molar-refractivity contribution in [3.05, 3.63) is 70.0 Å². The lowest BCUT2D eigenvalue weighted by Crippen LogP contribution is -2.23. The lowest BCUT2D eigenvalue weighted by molar-refractivity contribution is -0.385. The second-order valence-electron chi connectivity index (χ2n) is 6.41. The van der Waals surface area contributed by atoms with Crippen LogP contribution in [-0.2, 0) is 11.2 Å². The van der Waals surface area contributed by atoms with Crippen molar-refractivity contribution >= 4 is 28.7 Å². The molecule has 2 N–H and O–H groups in total. The molecule has 0 saturated carbocycles. The summed E-state index contributed by atoms with van der Waals surface area (Å²) in [7, 11) is 0. The Bertz CT molecular complexity index is 1010. The summed E-state index contributed by atoms with van der Waals surface area (Å²) < 4.78 is 5.39. The molecule has 1 heterocycles. The highest BCUT2D eigenvalue weighted by Crippen LogP contribution is 2.28. The van der Waals surface area contributed by atoms with Gasteiger partial charge in [0.15, 0.2) is 5.75 Å². The van der Waals surface area contributed by atoms with Crippen LogP contribution in [-0.4, -0.2) is 34.0 Å². The number of H-pyrrole nitrogens is 1. The number of amides is 1. The first-order valence-corrected chi connectivity index (χ1v) is 9.37. The van der Waals surface area contributed by atoms with Gasteiger partial charge < -0.3 is 15.0 Å². The number of fused-ring (bicyclic) bond motifs is 1. The molecule has 0 aliphatic carbocycles. The van der Waals surface area contributed by atoms with E-state index in [2.05, 4.69) is 15.3 Å². The zero-order valence-electron chi connectivity index (χ0n) is 16.1. The molecule has 29 heavy (non-hydrogen) atoms. The van der Waals surface area contributed by atoms with Gasteiger partial charge in [0.05, 0.1) is 22.6 Å². The van der Waals surface area contributed by atoms with Crippen LogP contribution < -0.4 is 10.1 Å². The Hall–Kier alpha value is -3.68. The monoisotopic (exact) mass is 394 g/mol. The molecule has 0 spiro atoms. The van der Waals surface area contributed by atoms with Crippen LogP contribution in [0.4, 0.5) is 5.69 Å². The summed E-state index contributed by atoms with van der Waals surface area (Å²) in [5.41, 5.74) is 2.28. The molecule has 0 bridgehead atoms.